The van der Waals surface area contributed by atoms with E-state index >= 15 is 0 Å². The Balaban J connectivity index is 2.21. The van der Waals surface area contributed by atoms with Gasteiger partial charge in [0.05, 0.1) is 6.10 Å². The summed E-state index contributed by atoms with van der Waals surface area (Å²) in [6.07, 6.45) is 0.112. The lowest BCUT2D eigenvalue weighted by Crippen LogP contribution is -2.03. The van der Waals surface area contributed by atoms with Crippen LogP contribution in [-0.2, 0) is 6.42 Å². The molecule has 2 aromatic carbocycles. The molecule has 0 heterocycles. The van der Waals surface area contributed by atoms with Gasteiger partial charge in [0.25, 0.3) is 0 Å². The SMILES string of the molecule is OC(Cc1cccc(Br)c1)c1cc(I)ccc1Br. The number of aliphatic hydroxyl groups excluding tert-OH is 1. The second-order valence-electron chi connectivity index (χ2n) is 4.02. The fourth-order valence-electron chi connectivity index (χ4n) is 1.77. The van der Waals surface area contributed by atoms with Crippen molar-refractivity contribution >= 4 is 54.5 Å². The Morgan fingerprint density at radius 3 is 2.61 bits per heavy atom. The molecule has 0 saturated carbocycles. The van der Waals surface area contributed by atoms with Crippen LogP contribution in [0.3, 0.4) is 0 Å². The Hall–Kier alpha value is 0.0900. The van der Waals surface area contributed by atoms with Crippen LogP contribution in [0.2, 0.25) is 0 Å². The first-order chi connectivity index (χ1) is 8.56. The van der Waals surface area contributed by atoms with Gasteiger partial charge in [0, 0.05) is 18.9 Å². The number of hydrogen-bond acceptors (Lipinski definition) is 1. The minimum atomic E-state index is -0.497. The van der Waals surface area contributed by atoms with E-state index in [4.69, 9.17) is 0 Å². The highest BCUT2D eigenvalue weighted by Crippen LogP contribution is 2.28. The van der Waals surface area contributed by atoms with Crippen LogP contribution in [0.25, 0.3) is 0 Å². The summed E-state index contributed by atoms with van der Waals surface area (Å²) in [6.45, 7) is 0. The van der Waals surface area contributed by atoms with E-state index in [9.17, 15) is 5.11 Å². The average Bonchev–Trinajstić information content (AvgIpc) is 2.32. The zero-order chi connectivity index (χ0) is 13.1. The maximum Gasteiger partial charge on any atom is 0.0841 e. The predicted octanol–water partition coefficient (Wildman–Crippen LogP) is 5.09. The van der Waals surface area contributed by atoms with E-state index in [2.05, 4.69) is 54.5 Å². The summed E-state index contributed by atoms with van der Waals surface area (Å²) in [5.41, 5.74) is 2.05. The number of benzene rings is 2. The summed E-state index contributed by atoms with van der Waals surface area (Å²) >= 11 is 9.18. The predicted molar refractivity (Wildman–Crippen MR) is 89.7 cm³/mol. The van der Waals surface area contributed by atoms with Crippen molar-refractivity contribution in [1.29, 1.82) is 0 Å². The lowest BCUT2D eigenvalue weighted by Gasteiger charge is -2.13. The molecule has 0 bridgehead atoms. The molecule has 2 aromatic rings. The first-order valence-corrected chi connectivity index (χ1v) is 8.10. The van der Waals surface area contributed by atoms with E-state index in [1.54, 1.807) is 0 Å². The van der Waals surface area contributed by atoms with Crippen molar-refractivity contribution in [1.82, 2.24) is 0 Å². The summed E-state index contributed by atoms with van der Waals surface area (Å²) < 4.78 is 3.11. The molecule has 1 N–H and O–H groups in total. The third-order valence-electron chi connectivity index (χ3n) is 2.64. The Morgan fingerprint density at radius 2 is 1.89 bits per heavy atom. The lowest BCUT2D eigenvalue weighted by molar-refractivity contribution is 0.177. The molecule has 0 spiro atoms. The zero-order valence-corrected chi connectivity index (χ0v) is 14.7. The molecule has 1 nitrogen and oxygen atoms in total. The fraction of sp³-hybridized carbons (Fsp3) is 0.143. The highest BCUT2D eigenvalue weighted by atomic mass is 127. The smallest absolute Gasteiger partial charge is 0.0841 e. The van der Waals surface area contributed by atoms with Gasteiger partial charge in [-0.2, -0.15) is 0 Å². The van der Waals surface area contributed by atoms with Crippen molar-refractivity contribution in [2.75, 3.05) is 0 Å². The quantitative estimate of drug-likeness (QED) is 0.605. The van der Waals surface area contributed by atoms with E-state index in [1.165, 1.54) is 0 Å². The average molecular weight is 482 g/mol. The molecule has 0 amide bonds. The van der Waals surface area contributed by atoms with Gasteiger partial charge < -0.3 is 5.11 Å². The largest absolute Gasteiger partial charge is 0.388 e. The van der Waals surface area contributed by atoms with Gasteiger partial charge >= 0.3 is 0 Å². The first-order valence-electron chi connectivity index (χ1n) is 5.44. The molecule has 0 saturated heterocycles. The van der Waals surface area contributed by atoms with Crippen LogP contribution < -0.4 is 0 Å². The van der Waals surface area contributed by atoms with Gasteiger partial charge in [0.1, 0.15) is 0 Å². The summed E-state index contributed by atoms with van der Waals surface area (Å²) in [5, 5.41) is 10.3. The standard InChI is InChI=1S/C14H11Br2IO/c15-10-3-1-2-9(6-10)7-14(18)12-8-11(17)4-5-13(12)16/h1-6,8,14,18H,7H2. The van der Waals surface area contributed by atoms with Crippen molar-refractivity contribution in [3.8, 4) is 0 Å². The third kappa shape index (κ3) is 3.79. The topological polar surface area (TPSA) is 20.2 Å². The van der Waals surface area contributed by atoms with Crippen molar-refractivity contribution < 1.29 is 5.11 Å². The van der Waals surface area contributed by atoms with E-state index < -0.39 is 6.10 Å². The van der Waals surface area contributed by atoms with Gasteiger partial charge in [-0.1, -0.05) is 44.0 Å². The third-order valence-corrected chi connectivity index (χ3v) is 4.52. The summed E-state index contributed by atoms with van der Waals surface area (Å²) in [6, 6.07) is 14.0. The minimum absolute atomic E-state index is 0.497. The Labute approximate surface area is 137 Å². The molecule has 18 heavy (non-hydrogen) atoms. The van der Waals surface area contributed by atoms with Gasteiger partial charge in [-0.25, -0.2) is 0 Å². The van der Waals surface area contributed by atoms with Crippen molar-refractivity contribution in [3.63, 3.8) is 0 Å². The van der Waals surface area contributed by atoms with Crippen LogP contribution in [0.1, 0.15) is 17.2 Å². The van der Waals surface area contributed by atoms with Crippen molar-refractivity contribution in [2.45, 2.75) is 12.5 Å². The molecular formula is C14H11Br2IO. The molecule has 0 aliphatic heterocycles. The van der Waals surface area contributed by atoms with E-state index in [0.717, 1.165) is 23.6 Å². The second-order valence-corrected chi connectivity index (χ2v) is 7.03. The van der Waals surface area contributed by atoms with E-state index in [0.29, 0.717) is 6.42 Å². The number of hydrogen-bond donors (Lipinski definition) is 1. The Kier molecular flexibility index (Phi) is 5.24. The molecule has 1 unspecified atom stereocenters. The molecule has 0 fully saturated rings. The van der Waals surface area contributed by atoms with Crippen molar-refractivity contribution in [2.24, 2.45) is 0 Å². The van der Waals surface area contributed by atoms with Crippen LogP contribution >= 0.6 is 54.5 Å². The molecule has 4 heteroatoms. The molecular weight excluding hydrogens is 471 g/mol. The summed E-state index contributed by atoms with van der Waals surface area (Å²) in [4.78, 5) is 0. The second kappa shape index (κ2) is 6.50. The van der Waals surface area contributed by atoms with Crippen LogP contribution in [0.5, 0.6) is 0 Å². The van der Waals surface area contributed by atoms with E-state index in [1.807, 2.05) is 42.5 Å². The molecule has 2 rings (SSSR count). The van der Waals surface area contributed by atoms with Crippen LogP contribution in [-0.4, -0.2) is 5.11 Å². The maximum atomic E-state index is 10.3. The van der Waals surface area contributed by atoms with Gasteiger partial charge in [-0.15, -0.1) is 0 Å². The lowest BCUT2D eigenvalue weighted by atomic mass is 10.0. The monoisotopic (exact) mass is 480 g/mol. The zero-order valence-electron chi connectivity index (χ0n) is 9.41. The van der Waals surface area contributed by atoms with E-state index in [-0.39, 0.29) is 0 Å². The molecule has 0 aliphatic rings. The molecule has 0 aliphatic carbocycles. The molecule has 0 radical (unpaired) electrons. The number of aliphatic hydroxyl groups is 1. The van der Waals surface area contributed by atoms with Crippen LogP contribution in [0.4, 0.5) is 0 Å². The fourth-order valence-corrected chi connectivity index (χ4v) is 3.24. The van der Waals surface area contributed by atoms with Gasteiger partial charge in [0.2, 0.25) is 0 Å². The molecule has 0 aromatic heterocycles. The molecule has 94 valence electrons. The van der Waals surface area contributed by atoms with Gasteiger partial charge in [-0.3, -0.25) is 0 Å². The number of halogens is 3. The maximum absolute atomic E-state index is 10.3. The van der Waals surface area contributed by atoms with Gasteiger partial charge in [0.15, 0.2) is 0 Å². The van der Waals surface area contributed by atoms with Crippen molar-refractivity contribution in [3.05, 3.63) is 66.1 Å². The highest BCUT2D eigenvalue weighted by Gasteiger charge is 2.12. The van der Waals surface area contributed by atoms with Crippen LogP contribution in [0.15, 0.2) is 51.4 Å². The number of rotatable bonds is 3. The summed E-state index contributed by atoms with van der Waals surface area (Å²) in [7, 11) is 0. The van der Waals surface area contributed by atoms with Gasteiger partial charge in [-0.05, 0) is 64.0 Å². The normalized spacial score (nSPS) is 12.4. The Morgan fingerprint density at radius 1 is 1.11 bits per heavy atom. The molecule has 1 atom stereocenters. The van der Waals surface area contributed by atoms with Crippen LogP contribution in [0, 0.1) is 3.57 Å². The Bertz CT molecular complexity index is 557. The highest BCUT2D eigenvalue weighted by molar-refractivity contribution is 14.1. The first kappa shape index (κ1) is 14.5. The summed E-state index contributed by atoms with van der Waals surface area (Å²) in [5.74, 6) is 0. The minimum Gasteiger partial charge on any atom is -0.388 e.